The zero-order valence-corrected chi connectivity index (χ0v) is 12.0. The molecule has 20 heavy (non-hydrogen) atoms. The molecule has 1 N–H and O–H groups in total. The van der Waals surface area contributed by atoms with Crippen molar-refractivity contribution >= 4 is 5.97 Å². The monoisotopic (exact) mass is 280 g/mol. The summed E-state index contributed by atoms with van der Waals surface area (Å²) in [5, 5.41) is 8.95. The van der Waals surface area contributed by atoms with Crippen LogP contribution in [0.15, 0.2) is 18.2 Å². The largest absolute Gasteiger partial charge is 0.478 e. The molecule has 5 heteroatoms. The van der Waals surface area contributed by atoms with E-state index in [1.807, 2.05) is 0 Å². The highest BCUT2D eigenvalue weighted by atomic mass is 19.1. The number of likely N-dealkylation sites (N-methyl/N-ethyl adjacent to an activating group) is 1. The van der Waals surface area contributed by atoms with Gasteiger partial charge in [-0.1, -0.05) is 13.0 Å². The molecule has 0 aromatic heterocycles. The Morgan fingerprint density at radius 3 is 2.85 bits per heavy atom. The first-order valence-electron chi connectivity index (χ1n) is 6.95. The number of hydrogen-bond acceptors (Lipinski definition) is 3. The number of carboxylic acid groups (broad SMARTS) is 1. The van der Waals surface area contributed by atoms with Gasteiger partial charge in [-0.3, -0.25) is 4.90 Å². The Balaban J connectivity index is 2.07. The van der Waals surface area contributed by atoms with Crippen molar-refractivity contribution in [2.45, 2.75) is 25.9 Å². The van der Waals surface area contributed by atoms with E-state index in [0.29, 0.717) is 12.6 Å². The van der Waals surface area contributed by atoms with Crippen LogP contribution in [0.2, 0.25) is 0 Å². The average molecular weight is 280 g/mol. The molecule has 1 heterocycles. The third-order valence-electron chi connectivity index (χ3n) is 4.00. The van der Waals surface area contributed by atoms with Gasteiger partial charge in [0.15, 0.2) is 0 Å². The standard InChI is InChI=1S/C15H21FN2O2/c1-3-12-10-18(7-6-17(12)2)9-11-4-5-14(16)13(8-11)15(19)20/h4-5,8,12H,3,6-7,9-10H2,1-2H3,(H,19,20). The topological polar surface area (TPSA) is 43.8 Å². The van der Waals surface area contributed by atoms with Gasteiger partial charge in [0.2, 0.25) is 0 Å². The number of carboxylic acids is 1. The van der Waals surface area contributed by atoms with Crippen molar-refractivity contribution in [2.24, 2.45) is 0 Å². The van der Waals surface area contributed by atoms with E-state index in [-0.39, 0.29) is 5.56 Å². The van der Waals surface area contributed by atoms with Gasteiger partial charge in [-0.15, -0.1) is 0 Å². The Morgan fingerprint density at radius 2 is 2.20 bits per heavy atom. The smallest absolute Gasteiger partial charge is 0.338 e. The second-order valence-electron chi connectivity index (χ2n) is 5.40. The normalized spacial score (nSPS) is 21.1. The zero-order chi connectivity index (χ0) is 14.7. The molecule has 1 saturated heterocycles. The first kappa shape index (κ1) is 14.9. The maximum Gasteiger partial charge on any atom is 0.338 e. The van der Waals surface area contributed by atoms with Gasteiger partial charge in [0.25, 0.3) is 0 Å². The number of nitrogens with zero attached hydrogens (tertiary/aromatic N) is 2. The van der Waals surface area contributed by atoms with Gasteiger partial charge in [-0.25, -0.2) is 9.18 Å². The Kier molecular flexibility index (Phi) is 4.73. The predicted octanol–water partition coefficient (Wildman–Crippen LogP) is 2.05. The van der Waals surface area contributed by atoms with Crippen LogP contribution in [0.3, 0.4) is 0 Å². The van der Waals surface area contributed by atoms with Gasteiger partial charge < -0.3 is 10.0 Å². The van der Waals surface area contributed by atoms with Gasteiger partial charge in [0, 0.05) is 32.2 Å². The van der Waals surface area contributed by atoms with Crippen molar-refractivity contribution in [2.75, 3.05) is 26.7 Å². The first-order valence-corrected chi connectivity index (χ1v) is 6.95. The number of rotatable bonds is 4. The number of carbonyl (C=O) groups is 1. The Hall–Kier alpha value is -1.46. The molecule has 4 nitrogen and oxygen atoms in total. The highest BCUT2D eigenvalue weighted by Gasteiger charge is 2.23. The lowest BCUT2D eigenvalue weighted by Gasteiger charge is -2.39. The summed E-state index contributed by atoms with van der Waals surface area (Å²) in [6.07, 6.45) is 1.09. The maximum absolute atomic E-state index is 13.4. The van der Waals surface area contributed by atoms with E-state index in [1.54, 1.807) is 6.07 Å². The molecule has 1 unspecified atom stereocenters. The fourth-order valence-corrected chi connectivity index (χ4v) is 2.69. The van der Waals surface area contributed by atoms with Crippen LogP contribution in [0.1, 0.15) is 29.3 Å². The van der Waals surface area contributed by atoms with Gasteiger partial charge >= 0.3 is 5.97 Å². The summed E-state index contributed by atoms with van der Waals surface area (Å²) in [6, 6.07) is 4.88. The molecule has 1 aromatic carbocycles. The fourth-order valence-electron chi connectivity index (χ4n) is 2.69. The number of benzene rings is 1. The molecule has 2 rings (SSSR count). The minimum absolute atomic E-state index is 0.247. The second-order valence-corrected chi connectivity index (χ2v) is 5.40. The van der Waals surface area contributed by atoms with Crippen LogP contribution in [0.25, 0.3) is 0 Å². The summed E-state index contributed by atoms with van der Waals surface area (Å²) in [4.78, 5) is 15.6. The molecule has 0 aliphatic carbocycles. The Morgan fingerprint density at radius 1 is 1.45 bits per heavy atom. The number of halogens is 1. The van der Waals surface area contributed by atoms with Crippen LogP contribution in [0, 0.1) is 5.82 Å². The predicted molar refractivity (Wildman–Crippen MR) is 75.3 cm³/mol. The summed E-state index contributed by atoms with van der Waals surface area (Å²) >= 11 is 0. The highest BCUT2D eigenvalue weighted by molar-refractivity contribution is 5.88. The van der Waals surface area contributed by atoms with E-state index in [2.05, 4.69) is 23.8 Å². The minimum atomic E-state index is -1.21. The summed E-state index contributed by atoms with van der Waals surface area (Å²) in [6.45, 7) is 5.76. The zero-order valence-electron chi connectivity index (χ0n) is 12.0. The second kappa shape index (κ2) is 6.33. The van der Waals surface area contributed by atoms with E-state index in [9.17, 15) is 9.18 Å². The van der Waals surface area contributed by atoms with Crippen molar-refractivity contribution in [1.82, 2.24) is 9.80 Å². The van der Waals surface area contributed by atoms with E-state index in [4.69, 9.17) is 5.11 Å². The van der Waals surface area contributed by atoms with E-state index in [0.717, 1.165) is 31.6 Å². The SMILES string of the molecule is CCC1CN(Cc2ccc(F)c(C(=O)O)c2)CCN1C. The van der Waals surface area contributed by atoms with Crippen LogP contribution < -0.4 is 0 Å². The van der Waals surface area contributed by atoms with E-state index in [1.165, 1.54) is 12.1 Å². The number of piperazine rings is 1. The summed E-state index contributed by atoms with van der Waals surface area (Å²) < 4.78 is 13.4. The lowest BCUT2D eigenvalue weighted by molar-refractivity contribution is 0.0691. The Bertz CT molecular complexity index is 493. The molecular formula is C15H21FN2O2. The van der Waals surface area contributed by atoms with Crippen molar-refractivity contribution in [3.05, 3.63) is 35.1 Å². The molecule has 1 aliphatic rings. The molecule has 0 amide bonds. The molecular weight excluding hydrogens is 259 g/mol. The third-order valence-corrected chi connectivity index (χ3v) is 4.00. The van der Waals surface area contributed by atoms with Gasteiger partial charge in [0.1, 0.15) is 5.82 Å². The van der Waals surface area contributed by atoms with Gasteiger partial charge in [-0.05, 0) is 31.2 Å². The van der Waals surface area contributed by atoms with Crippen molar-refractivity contribution < 1.29 is 14.3 Å². The van der Waals surface area contributed by atoms with Gasteiger partial charge in [-0.2, -0.15) is 0 Å². The Labute approximate surface area is 118 Å². The number of aromatic carboxylic acids is 1. The fraction of sp³-hybridized carbons (Fsp3) is 0.533. The van der Waals surface area contributed by atoms with Crippen LogP contribution >= 0.6 is 0 Å². The number of hydrogen-bond donors (Lipinski definition) is 1. The molecule has 0 radical (unpaired) electrons. The average Bonchev–Trinajstić information content (AvgIpc) is 2.42. The van der Waals surface area contributed by atoms with E-state index < -0.39 is 11.8 Å². The molecule has 0 spiro atoms. The summed E-state index contributed by atoms with van der Waals surface area (Å²) in [5.41, 5.74) is 0.604. The third kappa shape index (κ3) is 3.35. The van der Waals surface area contributed by atoms with Crippen LogP contribution in [0.4, 0.5) is 4.39 Å². The molecule has 0 bridgehead atoms. The molecule has 1 fully saturated rings. The summed E-state index contributed by atoms with van der Waals surface area (Å²) in [5.74, 6) is -1.89. The minimum Gasteiger partial charge on any atom is -0.478 e. The lowest BCUT2D eigenvalue weighted by Crippen LogP contribution is -2.50. The van der Waals surface area contributed by atoms with Crippen molar-refractivity contribution in [3.8, 4) is 0 Å². The van der Waals surface area contributed by atoms with Crippen LogP contribution in [-0.4, -0.2) is 53.6 Å². The first-order chi connectivity index (χ1) is 9.51. The molecule has 1 aliphatic heterocycles. The summed E-state index contributed by atoms with van der Waals surface area (Å²) in [7, 11) is 2.13. The van der Waals surface area contributed by atoms with Crippen LogP contribution in [0.5, 0.6) is 0 Å². The lowest BCUT2D eigenvalue weighted by atomic mass is 10.1. The van der Waals surface area contributed by atoms with Gasteiger partial charge in [0.05, 0.1) is 5.56 Å². The quantitative estimate of drug-likeness (QED) is 0.916. The molecule has 0 saturated carbocycles. The van der Waals surface area contributed by atoms with Crippen LogP contribution in [-0.2, 0) is 6.54 Å². The molecule has 1 aromatic rings. The molecule has 1 atom stereocenters. The van der Waals surface area contributed by atoms with E-state index >= 15 is 0 Å². The molecule has 110 valence electrons. The van der Waals surface area contributed by atoms with Crippen molar-refractivity contribution in [3.63, 3.8) is 0 Å². The highest BCUT2D eigenvalue weighted by Crippen LogP contribution is 2.16. The van der Waals surface area contributed by atoms with Crippen molar-refractivity contribution in [1.29, 1.82) is 0 Å². The maximum atomic E-state index is 13.4.